The molecule has 1 aliphatic heterocycles. The van der Waals surface area contributed by atoms with Crippen LogP contribution in [0.1, 0.15) is 39.0 Å². The summed E-state index contributed by atoms with van der Waals surface area (Å²) in [6, 6.07) is 0. The second kappa shape index (κ2) is 4.52. The number of nitrogens with one attached hydrogen (secondary N) is 2. The van der Waals surface area contributed by atoms with Gasteiger partial charge in [0.2, 0.25) is 11.8 Å². The third kappa shape index (κ3) is 3.15. The van der Waals surface area contributed by atoms with Crippen molar-refractivity contribution in [2.75, 3.05) is 13.1 Å². The second-order valence-corrected chi connectivity index (χ2v) is 5.63. The van der Waals surface area contributed by atoms with Crippen LogP contribution in [0, 0.1) is 5.92 Å². The Balaban J connectivity index is 1.91. The monoisotopic (exact) mass is 246 g/mol. The average molecular weight is 246 g/mol. The van der Waals surface area contributed by atoms with E-state index in [2.05, 4.69) is 10.6 Å². The first-order valence-corrected chi connectivity index (χ1v) is 6.31. The first-order valence-electron chi connectivity index (χ1n) is 6.31. The number of rotatable bonds is 2. The summed E-state index contributed by atoms with van der Waals surface area (Å²) in [5, 5.41) is 6.10. The zero-order chi connectivity index (χ0) is 12.5. The Bertz CT molecular complexity index is 301. The van der Waals surface area contributed by atoms with E-state index in [0.29, 0.717) is 12.8 Å². The van der Waals surface area contributed by atoms with Gasteiger partial charge in [-0.05, 0) is 32.7 Å². The van der Waals surface area contributed by atoms with Crippen molar-refractivity contribution in [3.8, 4) is 0 Å². The van der Waals surface area contributed by atoms with Gasteiger partial charge in [0.15, 0.2) is 0 Å². The molecule has 1 heterocycles. The van der Waals surface area contributed by atoms with Gasteiger partial charge < -0.3 is 10.6 Å². The summed E-state index contributed by atoms with van der Waals surface area (Å²) >= 11 is 0. The molecule has 1 aliphatic carbocycles. The predicted octanol–water partition coefficient (Wildman–Crippen LogP) is 1.68. The zero-order valence-corrected chi connectivity index (χ0v) is 10.2. The van der Waals surface area contributed by atoms with E-state index in [1.807, 2.05) is 6.92 Å². The van der Waals surface area contributed by atoms with Crippen LogP contribution in [0.5, 0.6) is 0 Å². The van der Waals surface area contributed by atoms with Gasteiger partial charge in [-0.25, -0.2) is 8.78 Å². The van der Waals surface area contributed by atoms with Crippen molar-refractivity contribution in [1.29, 1.82) is 0 Å². The summed E-state index contributed by atoms with van der Waals surface area (Å²) in [7, 11) is 0. The van der Waals surface area contributed by atoms with Gasteiger partial charge in [0.25, 0.3) is 0 Å². The maximum absolute atomic E-state index is 13.2. The van der Waals surface area contributed by atoms with Gasteiger partial charge >= 0.3 is 0 Å². The average Bonchev–Trinajstić information content (AvgIpc) is 2.63. The third-order valence-electron chi connectivity index (χ3n) is 3.80. The summed E-state index contributed by atoms with van der Waals surface area (Å²) in [5.41, 5.74) is -0.260. The summed E-state index contributed by atoms with van der Waals surface area (Å²) < 4.78 is 26.5. The smallest absolute Gasteiger partial charge is 0.248 e. The van der Waals surface area contributed by atoms with E-state index in [1.165, 1.54) is 0 Å². The van der Waals surface area contributed by atoms with E-state index in [9.17, 15) is 13.6 Å². The molecule has 2 fully saturated rings. The molecule has 0 aromatic carbocycles. The molecule has 3 nitrogen and oxygen atoms in total. The van der Waals surface area contributed by atoms with E-state index in [-0.39, 0.29) is 24.3 Å². The first kappa shape index (κ1) is 12.7. The lowest BCUT2D eigenvalue weighted by molar-refractivity contribution is -0.133. The van der Waals surface area contributed by atoms with Crippen LogP contribution in [0.3, 0.4) is 0 Å². The fourth-order valence-corrected chi connectivity index (χ4v) is 2.72. The molecule has 0 aromatic heterocycles. The quantitative estimate of drug-likeness (QED) is 0.778. The molecule has 0 aromatic rings. The molecule has 0 bridgehead atoms. The fourth-order valence-electron chi connectivity index (χ4n) is 2.72. The number of carbonyl (C=O) groups excluding carboxylic acids is 1. The Labute approximate surface area is 100 Å². The van der Waals surface area contributed by atoms with Crippen LogP contribution >= 0.6 is 0 Å². The summed E-state index contributed by atoms with van der Waals surface area (Å²) in [4.78, 5) is 12.0. The van der Waals surface area contributed by atoms with Crippen LogP contribution in [-0.2, 0) is 4.79 Å². The lowest BCUT2D eigenvalue weighted by atomic mass is 9.85. The highest BCUT2D eigenvalue weighted by Gasteiger charge is 2.41. The molecule has 98 valence electrons. The van der Waals surface area contributed by atoms with Gasteiger partial charge in [0.1, 0.15) is 0 Å². The van der Waals surface area contributed by atoms with Gasteiger partial charge in [0, 0.05) is 25.3 Å². The molecule has 2 aliphatic rings. The second-order valence-electron chi connectivity index (χ2n) is 5.63. The molecule has 0 radical (unpaired) electrons. The third-order valence-corrected chi connectivity index (χ3v) is 3.80. The Morgan fingerprint density at radius 1 is 1.41 bits per heavy atom. The van der Waals surface area contributed by atoms with Gasteiger partial charge in [-0.2, -0.15) is 0 Å². The molecule has 17 heavy (non-hydrogen) atoms. The molecule has 1 amide bonds. The van der Waals surface area contributed by atoms with Crippen LogP contribution in [0.4, 0.5) is 8.78 Å². The maximum Gasteiger partial charge on any atom is 0.248 e. The van der Waals surface area contributed by atoms with Crippen molar-refractivity contribution in [3.05, 3.63) is 0 Å². The minimum Gasteiger partial charge on any atom is -0.349 e. The van der Waals surface area contributed by atoms with Gasteiger partial charge in [-0.1, -0.05) is 0 Å². The standard InChI is InChI=1S/C12H20F2N2O/c1-11(5-6-15-8-11)16-10(17)9-3-2-4-12(13,14)7-9/h9,15H,2-8H2,1H3,(H,16,17). The molecule has 1 saturated heterocycles. The summed E-state index contributed by atoms with van der Waals surface area (Å²) in [6.45, 7) is 3.56. The molecule has 2 rings (SSSR count). The lowest BCUT2D eigenvalue weighted by Crippen LogP contribution is -2.50. The van der Waals surface area contributed by atoms with E-state index in [0.717, 1.165) is 19.5 Å². The van der Waals surface area contributed by atoms with Crippen LogP contribution in [-0.4, -0.2) is 30.5 Å². The minimum absolute atomic E-state index is 0.0738. The highest BCUT2D eigenvalue weighted by atomic mass is 19.3. The summed E-state index contributed by atoms with van der Waals surface area (Å²) in [6.07, 6.45) is 1.53. The molecule has 1 saturated carbocycles. The first-order chi connectivity index (χ1) is 7.90. The maximum atomic E-state index is 13.2. The molecule has 2 unspecified atom stereocenters. The van der Waals surface area contributed by atoms with Crippen molar-refractivity contribution in [1.82, 2.24) is 10.6 Å². The topological polar surface area (TPSA) is 41.1 Å². The Morgan fingerprint density at radius 3 is 2.76 bits per heavy atom. The molecule has 5 heteroatoms. The number of hydrogen-bond donors (Lipinski definition) is 2. The normalized spacial score (nSPS) is 36.8. The molecular formula is C12H20F2N2O. The molecular weight excluding hydrogens is 226 g/mol. The van der Waals surface area contributed by atoms with E-state index < -0.39 is 11.8 Å². The summed E-state index contributed by atoms with van der Waals surface area (Å²) in [5.74, 6) is -3.37. The predicted molar refractivity (Wildman–Crippen MR) is 60.9 cm³/mol. The number of halogens is 2. The number of alkyl halides is 2. The van der Waals surface area contributed by atoms with Crippen LogP contribution < -0.4 is 10.6 Å². The number of hydrogen-bond acceptors (Lipinski definition) is 2. The van der Waals surface area contributed by atoms with Crippen molar-refractivity contribution in [2.24, 2.45) is 5.92 Å². The lowest BCUT2D eigenvalue weighted by Gasteiger charge is -2.32. The van der Waals surface area contributed by atoms with Crippen molar-refractivity contribution < 1.29 is 13.6 Å². The number of amides is 1. The minimum atomic E-state index is -2.66. The highest BCUT2D eigenvalue weighted by Crippen LogP contribution is 2.36. The van der Waals surface area contributed by atoms with Crippen molar-refractivity contribution >= 4 is 5.91 Å². The van der Waals surface area contributed by atoms with Crippen LogP contribution in [0.25, 0.3) is 0 Å². The van der Waals surface area contributed by atoms with Crippen molar-refractivity contribution in [3.63, 3.8) is 0 Å². The van der Waals surface area contributed by atoms with Crippen molar-refractivity contribution in [2.45, 2.75) is 50.5 Å². The zero-order valence-electron chi connectivity index (χ0n) is 10.2. The SMILES string of the molecule is CC1(NC(=O)C2CCCC(F)(F)C2)CCNC1. The van der Waals surface area contributed by atoms with Gasteiger partial charge in [-0.15, -0.1) is 0 Å². The Morgan fingerprint density at radius 2 is 2.18 bits per heavy atom. The van der Waals surface area contributed by atoms with E-state index >= 15 is 0 Å². The van der Waals surface area contributed by atoms with E-state index in [4.69, 9.17) is 0 Å². The number of carbonyl (C=O) groups is 1. The van der Waals surface area contributed by atoms with E-state index in [1.54, 1.807) is 0 Å². The van der Waals surface area contributed by atoms with Crippen LogP contribution in [0.15, 0.2) is 0 Å². The molecule has 0 spiro atoms. The molecule has 2 N–H and O–H groups in total. The highest BCUT2D eigenvalue weighted by molar-refractivity contribution is 5.79. The van der Waals surface area contributed by atoms with Gasteiger partial charge in [0.05, 0.1) is 5.54 Å². The van der Waals surface area contributed by atoms with Crippen LogP contribution in [0.2, 0.25) is 0 Å². The fraction of sp³-hybridized carbons (Fsp3) is 0.917. The Kier molecular flexibility index (Phi) is 3.39. The van der Waals surface area contributed by atoms with Gasteiger partial charge in [-0.3, -0.25) is 4.79 Å². The molecule has 2 atom stereocenters. The largest absolute Gasteiger partial charge is 0.349 e. The Hall–Kier alpha value is -0.710.